The number of para-hydroxylation sites is 2. The van der Waals surface area contributed by atoms with Crippen LogP contribution in [-0.2, 0) is 0 Å². The minimum absolute atomic E-state index is 0.193. The maximum Gasteiger partial charge on any atom is 0.161 e. The van der Waals surface area contributed by atoms with Gasteiger partial charge < -0.3 is 14.6 Å². The van der Waals surface area contributed by atoms with Gasteiger partial charge in [0.05, 0.1) is 13.7 Å². The Bertz CT molecular complexity index is 344. The van der Waals surface area contributed by atoms with Crippen LogP contribution in [0.5, 0.6) is 11.5 Å². The van der Waals surface area contributed by atoms with E-state index in [9.17, 15) is 0 Å². The number of unbranched alkanes of at least 4 members (excludes halogenated alkanes) is 1. The number of aliphatic hydroxyl groups is 1. The Labute approximate surface area is 115 Å². The molecule has 108 valence electrons. The van der Waals surface area contributed by atoms with Crippen molar-refractivity contribution in [3.63, 3.8) is 0 Å². The van der Waals surface area contributed by atoms with Gasteiger partial charge in [0, 0.05) is 13.1 Å². The average Bonchev–Trinajstić information content (AvgIpc) is 2.45. The highest BCUT2D eigenvalue weighted by Gasteiger charge is 2.06. The fraction of sp³-hybridized carbons (Fsp3) is 0.600. The molecule has 0 fully saturated rings. The molecule has 1 rings (SSSR count). The molecule has 0 saturated carbocycles. The number of hydrogen-bond acceptors (Lipinski definition) is 4. The van der Waals surface area contributed by atoms with Crippen LogP contribution in [-0.4, -0.2) is 50.0 Å². The van der Waals surface area contributed by atoms with Crippen molar-refractivity contribution < 1.29 is 14.6 Å². The number of nitrogens with zero attached hydrogens (tertiary/aromatic N) is 1. The summed E-state index contributed by atoms with van der Waals surface area (Å²) in [7, 11) is 1.64. The van der Waals surface area contributed by atoms with Crippen molar-refractivity contribution in [1.29, 1.82) is 0 Å². The summed E-state index contributed by atoms with van der Waals surface area (Å²) in [6, 6.07) is 7.64. The summed E-state index contributed by atoms with van der Waals surface area (Å²) in [6.07, 6.45) is 2.31. The van der Waals surface area contributed by atoms with Crippen molar-refractivity contribution in [1.82, 2.24) is 4.90 Å². The first-order valence-corrected chi connectivity index (χ1v) is 6.90. The molecule has 0 saturated heterocycles. The molecule has 0 aliphatic rings. The monoisotopic (exact) mass is 267 g/mol. The van der Waals surface area contributed by atoms with Gasteiger partial charge in [-0.05, 0) is 25.1 Å². The predicted molar refractivity (Wildman–Crippen MR) is 76.9 cm³/mol. The van der Waals surface area contributed by atoms with E-state index in [1.807, 2.05) is 24.3 Å². The molecule has 0 unspecified atom stereocenters. The molecular weight excluding hydrogens is 242 g/mol. The SMILES string of the molecule is CCCCN(CCO)CCOc1ccccc1OC. The van der Waals surface area contributed by atoms with Gasteiger partial charge in [0.2, 0.25) is 0 Å². The molecule has 0 aliphatic carbocycles. The number of benzene rings is 1. The largest absolute Gasteiger partial charge is 0.493 e. The topological polar surface area (TPSA) is 41.9 Å². The Kier molecular flexibility index (Phi) is 8.02. The number of rotatable bonds is 10. The lowest BCUT2D eigenvalue weighted by Gasteiger charge is -2.21. The van der Waals surface area contributed by atoms with E-state index in [4.69, 9.17) is 14.6 Å². The second kappa shape index (κ2) is 9.64. The van der Waals surface area contributed by atoms with Gasteiger partial charge in [-0.2, -0.15) is 0 Å². The highest BCUT2D eigenvalue weighted by atomic mass is 16.5. The number of ether oxygens (including phenoxy) is 2. The van der Waals surface area contributed by atoms with Crippen LogP contribution in [0.1, 0.15) is 19.8 Å². The summed E-state index contributed by atoms with van der Waals surface area (Å²) < 4.78 is 11.0. The Morgan fingerprint density at radius 2 is 1.84 bits per heavy atom. The smallest absolute Gasteiger partial charge is 0.161 e. The minimum atomic E-state index is 0.193. The summed E-state index contributed by atoms with van der Waals surface area (Å²) in [4.78, 5) is 2.22. The van der Waals surface area contributed by atoms with Crippen LogP contribution in [0.2, 0.25) is 0 Å². The van der Waals surface area contributed by atoms with E-state index in [2.05, 4.69) is 11.8 Å². The summed E-state index contributed by atoms with van der Waals surface area (Å²) in [5.41, 5.74) is 0. The molecule has 4 heteroatoms. The molecule has 0 spiro atoms. The van der Waals surface area contributed by atoms with Gasteiger partial charge in [-0.3, -0.25) is 4.90 Å². The molecule has 1 aromatic rings. The normalized spacial score (nSPS) is 10.7. The van der Waals surface area contributed by atoms with Crippen molar-refractivity contribution in [2.24, 2.45) is 0 Å². The molecule has 0 bridgehead atoms. The second-order valence-corrected chi connectivity index (χ2v) is 4.42. The molecule has 1 N–H and O–H groups in total. The molecule has 0 heterocycles. The van der Waals surface area contributed by atoms with Crippen molar-refractivity contribution in [3.05, 3.63) is 24.3 Å². The lowest BCUT2D eigenvalue weighted by atomic mass is 10.3. The van der Waals surface area contributed by atoms with Crippen LogP contribution in [0.15, 0.2) is 24.3 Å². The van der Waals surface area contributed by atoms with Crippen molar-refractivity contribution in [2.75, 3.05) is 40.0 Å². The van der Waals surface area contributed by atoms with Crippen LogP contribution in [0.4, 0.5) is 0 Å². The van der Waals surface area contributed by atoms with E-state index in [0.717, 1.165) is 37.4 Å². The quantitative estimate of drug-likeness (QED) is 0.705. The summed E-state index contributed by atoms with van der Waals surface area (Å²) in [5, 5.41) is 9.03. The first-order chi connectivity index (χ1) is 9.31. The van der Waals surface area contributed by atoms with Gasteiger partial charge in [-0.15, -0.1) is 0 Å². The molecular formula is C15H25NO3. The van der Waals surface area contributed by atoms with Gasteiger partial charge in [-0.25, -0.2) is 0 Å². The zero-order valence-corrected chi connectivity index (χ0v) is 12.0. The fourth-order valence-corrected chi connectivity index (χ4v) is 1.88. The van der Waals surface area contributed by atoms with Crippen LogP contribution in [0, 0.1) is 0 Å². The first kappa shape index (κ1) is 15.8. The molecule has 0 aliphatic heterocycles. The Hall–Kier alpha value is -1.26. The highest BCUT2D eigenvalue weighted by Crippen LogP contribution is 2.25. The standard InChI is InChI=1S/C15H25NO3/c1-3-4-9-16(10-12-17)11-13-19-15-8-6-5-7-14(15)18-2/h5-8,17H,3-4,9-13H2,1-2H3. The Balaban J connectivity index is 2.38. The van der Waals surface area contributed by atoms with E-state index < -0.39 is 0 Å². The molecule has 1 aromatic carbocycles. The molecule has 4 nitrogen and oxygen atoms in total. The van der Waals surface area contributed by atoms with E-state index in [1.54, 1.807) is 7.11 Å². The number of methoxy groups -OCH3 is 1. The molecule has 0 atom stereocenters. The lowest BCUT2D eigenvalue weighted by Crippen LogP contribution is -2.32. The second-order valence-electron chi connectivity index (χ2n) is 4.42. The maximum atomic E-state index is 9.03. The van der Waals surface area contributed by atoms with Gasteiger partial charge in [0.25, 0.3) is 0 Å². The van der Waals surface area contributed by atoms with Crippen LogP contribution < -0.4 is 9.47 Å². The molecule has 0 amide bonds. The zero-order valence-electron chi connectivity index (χ0n) is 12.0. The minimum Gasteiger partial charge on any atom is -0.493 e. The van der Waals surface area contributed by atoms with Crippen LogP contribution in [0.3, 0.4) is 0 Å². The lowest BCUT2D eigenvalue weighted by molar-refractivity contribution is 0.165. The Morgan fingerprint density at radius 3 is 2.47 bits per heavy atom. The average molecular weight is 267 g/mol. The molecule has 19 heavy (non-hydrogen) atoms. The van der Waals surface area contributed by atoms with E-state index in [1.165, 1.54) is 0 Å². The van der Waals surface area contributed by atoms with E-state index in [-0.39, 0.29) is 6.61 Å². The van der Waals surface area contributed by atoms with Crippen LogP contribution >= 0.6 is 0 Å². The van der Waals surface area contributed by atoms with Gasteiger partial charge in [0.1, 0.15) is 6.61 Å². The van der Waals surface area contributed by atoms with Crippen molar-refractivity contribution in [2.45, 2.75) is 19.8 Å². The summed E-state index contributed by atoms with van der Waals surface area (Å²) >= 11 is 0. The van der Waals surface area contributed by atoms with Gasteiger partial charge in [0.15, 0.2) is 11.5 Å². The van der Waals surface area contributed by atoms with E-state index >= 15 is 0 Å². The fourth-order valence-electron chi connectivity index (χ4n) is 1.88. The zero-order chi connectivity index (χ0) is 13.9. The third-order valence-corrected chi connectivity index (χ3v) is 2.98. The molecule has 0 radical (unpaired) electrons. The predicted octanol–water partition coefficient (Wildman–Crippen LogP) is 2.17. The van der Waals surface area contributed by atoms with Crippen LogP contribution in [0.25, 0.3) is 0 Å². The highest BCUT2D eigenvalue weighted by molar-refractivity contribution is 5.39. The third kappa shape index (κ3) is 5.94. The third-order valence-electron chi connectivity index (χ3n) is 2.98. The molecule has 0 aromatic heterocycles. The van der Waals surface area contributed by atoms with Crippen molar-refractivity contribution >= 4 is 0 Å². The Morgan fingerprint density at radius 1 is 1.11 bits per heavy atom. The van der Waals surface area contributed by atoms with Gasteiger partial charge in [-0.1, -0.05) is 25.5 Å². The summed E-state index contributed by atoms with van der Waals surface area (Å²) in [6.45, 7) is 5.49. The maximum absolute atomic E-state index is 9.03. The van der Waals surface area contributed by atoms with Gasteiger partial charge >= 0.3 is 0 Å². The van der Waals surface area contributed by atoms with Crippen molar-refractivity contribution in [3.8, 4) is 11.5 Å². The first-order valence-electron chi connectivity index (χ1n) is 6.90. The number of hydrogen-bond donors (Lipinski definition) is 1. The number of aliphatic hydroxyl groups excluding tert-OH is 1. The van der Waals surface area contributed by atoms with E-state index in [0.29, 0.717) is 13.2 Å². The summed E-state index contributed by atoms with van der Waals surface area (Å²) in [5.74, 6) is 1.52.